The molecule has 5 rings (SSSR count). The number of hydrogen-bond donors (Lipinski definition) is 2. The van der Waals surface area contributed by atoms with Gasteiger partial charge >= 0.3 is 0 Å². The summed E-state index contributed by atoms with van der Waals surface area (Å²) in [5.41, 5.74) is 4.65. The maximum atomic E-state index is 15.0. The third kappa shape index (κ3) is 4.49. The van der Waals surface area contributed by atoms with E-state index in [1.165, 1.54) is 12.3 Å². The third-order valence-electron chi connectivity index (χ3n) is 5.54. The molecule has 3 heterocycles. The Morgan fingerprint density at radius 1 is 1.12 bits per heavy atom. The van der Waals surface area contributed by atoms with E-state index in [4.69, 9.17) is 4.74 Å². The molecule has 0 amide bonds. The van der Waals surface area contributed by atoms with Crippen molar-refractivity contribution in [3.8, 4) is 17.0 Å². The number of hydrogen-bond acceptors (Lipinski definition) is 8. The molecule has 10 heteroatoms. The molecule has 1 aliphatic rings. The summed E-state index contributed by atoms with van der Waals surface area (Å²) in [4.78, 5) is 13.2. The minimum Gasteiger partial charge on any atom is -0.474 e. The van der Waals surface area contributed by atoms with Crippen molar-refractivity contribution in [2.24, 2.45) is 0 Å². The minimum atomic E-state index is -3.10. The number of rotatable bonds is 5. The molecule has 2 aromatic heterocycles. The number of fused-ring (bicyclic) bond motifs is 2. The van der Waals surface area contributed by atoms with Gasteiger partial charge in [-0.15, -0.1) is 0 Å². The molecule has 174 valence electrons. The van der Waals surface area contributed by atoms with Crippen molar-refractivity contribution in [1.82, 2.24) is 15.0 Å². The number of benzene rings is 2. The van der Waals surface area contributed by atoms with Gasteiger partial charge in [-0.3, -0.25) is 0 Å². The molecule has 0 saturated carbocycles. The average molecular weight is 480 g/mol. The largest absolute Gasteiger partial charge is 0.474 e. The molecule has 0 aliphatic carbocycles. The Morgan fingerprint density at radius 3 is 2.68 bits per heavy atom. The fourth-order valence-corrected chi connectivity index (χ4v) is 4.72. The molecule has 2 N–H and O–H groups in total. The molecule has 1 aliphatic heterocycles. The number of anilines is 3. The van der Waals surface area contributed by atoms with Crippen LogP contribution in [0.25, 0.3) is 22.0 Å². The normalized spacial score (nSPS) is 13.1. The fourth-order valence-electron chi connectivity index (χ4n) is 3.93. The van der Waals surface area contributed by atoms with Crippen LogP contribution < -0.4 is 15.4 Å². The molecule has 0 saturated heterocycles. The topological polar surface area (TPSA) is 106 Å². The predicted molar refractivity (Wildman–Crippen MR) is 130 cm³/mol. The molecular weight excluding hydrogens is 457 g/mol. The van der Waals surface area contributed by atoms with Gasteiger partial charge in [0.15, 0.2) is 9.84 Å². The zero-order chi connectivity index (χ0) is 23.9. The second-order valence-electron chi connectivity index (χ2n) is 8.23. The van der Waals surface area contributed by atoms with E-state index in [1.54, 1.807) is 42.7 Å². The molecule has 34 heavy (non-hydrogen) atoms. The summed E-state index contributed by atoms with van der Waals surface area (Å²) in [6.45, 7) is 3.11. The van der Waals surface area contributed by atoms with Gasteiger partial charge in [-0.1, -0.05) is 12.1 Å². The Morgan fingerprint density at radius 2 is 1.91 bits per heavy atom. The number of nitrogens with one attached hydrogen (secondary N) is 2. The summed E-state index contributed by atoms with van der Waals surface area (Å²) in [5.74, 6) is 0.452. The van der Waals surface area contributed by atoms with E-state index in [2.05, 4.69) is 25.6 Å². The first-order valence-corrected chi connectivity index (χ1v) is 12.7. The van der Waals surface area contributed by atoms with E-state index in [1.807, 2.05) is 6.92 Å². The lowest BCUT2D eigenvalue weighted by molar-refractivity contribution is 0.310. The highest BCUT2D eigenvalue weighted by atomic mass is 32.2. The Hall–Kier alpha value is -3.79. The van der Waals surface area contributed by atoms with E-state index >= 15 is 4.39 Å². The number of halogens is 1. The van der Waals surface area contributed by atoms with Crippen LogP contribution in [-0.2, 0) is 15.6 Å². The molecule has 0 bridgehead atoms. The Kier molecular flexibility index (Phi) is 5.52. The van der Waals surface area contributed by atoms with Gasteiger partial charge in [0.25, 0.3) is 0 Å². The van der Waals surface area contributed by atoms with Crippen molar-refractivity contribution in [1.29, 1.82) is 0 Å². The second kappa shape index (κ2) is 8.53. The summed E-state index contributed by atoms with van der Waals surface area (Å²) in [5, 5.41) is 6.95. The van der Waals surface area contributed by atoms with E-state index in [0.717, 1.165) is 11.3 Å². The highest BCUT2D eigenvalue weighted by Gasteiger charge is 2.19. The molecule has 0 unspecified atom stereocenters. The van der Waals surface area contributed by atoms with E-state index in [9.17, 15) is 8.42 Å². The summed E-state index contributed by atoms with van der Waals surface area (Å²) < 4.78 is 43.5. The Labute approximate surface area is 196 Å². The molecule has 4 aromatic rings. The second-order valence-corrected chi connectivity index (χ2v) is 10.4. The van der Waals surface area contributed by atoms with Crippen LogP contribution >= 0.6 is 0 Å². The third-order valence-corrected chi connectivity index (χ3v) is 6.40. The Bertz CT molecular complexity index is 1510. The predicted octanol–water partition coefficient (Wildman–Crippen LogP) is 4.23. The SMILES string of the molecule is Cc1c(-c2cc3nc(Nc4ccc(CS(C)(=O)=O)cc4)ncc3cc2F)cnc2c1NCCO2. The lowest BCUT2D eigenvalue weighted by atomic mass is 9.99. The standard InChI is InChI=1S/C24H22FN5O3S/c1-14-19(12-27-23-22(14)26-7-8-33-23)18-10-21-16(9-20(18)25)11-28-24(30-21)29-17-5-3-15(4-6-17)13-34(2,31)32/h3-6,9-12,26H,7-8,13H2,1-2H3,(H,28,29,30). The van der Waals surface area contributed by atoms with Crippen LogP contribution in [0.4, 0.5) is 21.7 Å². The molecular formula is C24H22FN5O3S. The van der Waals surface area contributed by atoms with Gasteiger partial charge in [-0.2, -0.15) is 0 Å². The van der Waals surface area contributed by atoms with Gasteiger partial charge in [-0.05, 0) is 42.3 Å². The lowest BCUT2D eigenvalue weighted by Gasteiger charge is -2.21. The smallest absolute Gasteiger partial charge is 0.237 e. The van der Waals surface area contributed by atoms with Crippen LogP contribution in [0, 0.1) is 12.7 Å². The number of ether oxygens (including phenoxy) is 1. The number of sulfone groups is 1. The van der Waals surface area contributed by atoms with Gasteiger partial charge in [0, 0.05) is 47.4 Å². The van der Waals surface area contributed by atoms with Crippen molar-refractivity contribution in [3.63, 3.8) is 0 Å². The van der Waals surface area contributed by atoms with Crippen LogP contribution in [0.15, 0.2) is 48.8 Å². The van der Waals surface area contributed by atoms with Gasteiger partial charge < -0.3 is 15.4 Å². The molecule has 0 fully saturated rings. The maximum absolute atomic E-state index is 15.0. The average Bonchev–Trinajstić information content (AvgIpc) is 2.80. The van der Waals surface area contributed by atoms with Crippen molar-refractivity contribution < 1.29 is 17.5 Å². The summed E-state index contributed by atoms with van der Waals surface area (Å²) in [6, 6.07) is 10.1. The van der Waals surface area contributed by atoms with Crippen LogP contribution in [0.2, 0.25) is 0 Å². The highest BCUT2D eigenvalue weighted by molar-refractivity contribution is 7.89. The van der Waals surface area contributed by atoms with E-state index in [-0.39, 0.29) is 11.6 Å². The van der Waals surface area contributed by atoms with Crippen LogP contribution in [-0.4, -0.2) is 42.8 Å². The van der Waals surface area contributed by atoms with Gasteiger partial charge in [0.2, 0.25) is 11.8 Å². The zero-order valence-electron chi connectivity index (χ0n) is 18.6. The number of pyridine rings is 1. The van der Waals surface area contributed by atoms with E-state index < -0.39 is 9.84 Å². The monoisotopic (exact) mass is 479 g/mol. The van der Waals surface area contributed by atoms with Crippen molar-refractivity contribution in [2.75, 3.05) is 30.0 Å². The van der Waals surface area contributed by atoms with Crippen LogP contribution in [0.3, 0.4) is 0 Å². The first-order valence-electron chi connectivity index (χ1n) is 10.6. The molecule has 0 radical (unpaired) electrons. The molecule has 2 aromatic carbocycles. The Balaban J connectivity index is 1.46. The van der Waals surface area contributed by atoms with Crippen molar-refractivity contribution in [2.45, 2.75) is 12.7 Å². The zero-order valence-corrected chi connectivity index (χ0v) is 19.4. The van der Waals surface area contributed by atoms with Gasteiger partial charge in [0.1, 0.15) is 18.1 Å². The number of nitrogens with zero attached hydrogens (tertiary/aromatic N) is 3. The maximum Gasteiger partial charge on any atom is 0.237 e. The van der Waals surface area contributed by atoms with Crippen LogP contribution in [0.5, 0.6) is 5.88 Å². The quantitative estimate of drug-likeness (QED) is 0.438. The summed E-state index contributed by atoms with van der Waals surface area (Å²) in [7, 11) is -3.10. The molecule has 8 nitrogen and oxygen atoms in total. The van der Waals surface area contributed by atoms with Gasteiger partial charge in [-0.25, -0.2) is 27.8 Å². The minimum absolute atomic E-state index is 0.0211. The first kappa shape index (κ1) is 22.0. The lowest BCUT2D eigenvalue weighted by Crippen LogP contribution is -2.20. The number of aromatic nitrogens is 3. The summed E-state index contributed by atoms with van der Waals surface area (Å²) in [6.07, 6.45) is 4.37. The molecule has 0 spiro atoms. The van der Waals surface area contributed by atoms with Gasteiger partial charge in [0.05, 0.1) is 11.3 Å². The van der Waals surface area contributed by atoms with Crippen LogP contribution in [0.1, 0.15) is 11.1 Å². The fraction of sp³-hybridized carbons (Fsp3) is 0.208. The van der Waals surface area contributed by atoms with Crippen molar-refractivity contribution >= 4 is 38.1 Å². The van der Waals surface area contributed by atoms with E-state index in [0.29, 0.717) is 58.3 Å². The molecule has 0 atom stereocenters. The summed E-state index contributed by atoms with van der Waals surface area (Å²) >= 11 is 0. The highest BCUT2D eigenvalue weighted by Crippen LogP contribution is 2.37. The van der Waals surface area contributed by atoms with Crippen molar-refractivity contribution in [3.05, 3.63) is 65.7 Å². The first-order chi connectivity index (χ1) is 16.3.